The van der Waals surface area contributed by atoms with Crippen LogP contribution in [0.4, 0.5) is 11.4 Å². The standard InChI is InChI=1S/C22H22IN4O3S/c1-12(2)16-9-17(20(29)10-19(16)28)18-11-23-24-22(31)26(18)14-5-4-6-15(8-14)27-21(30)7-13(3)25-27/h4-6,8-12,28-29H,7H2,1-3H3,(H,24,31)/q-1. The van der Waals surface area contributed by atoms with Crippen LogP contribution in [0, 0.1) is 0 Å². The molecule has 0 bridgehead atoms. The maximum atomic E-state index is 12.3. The molecule has 0 saturated carbocycles. The number of rotatable bonds is 4. The van der Waals surface area contributed by atoms with Crippen molar-refractivity contribution in [2.24, 2.45) is 5.10 Å². The number of nitrogens with zero attached hydrogens (tertiary/aromatic N) is 3. The van der Waals surface area contributed by atoms with Crippen molar-refractivity contribution in [3.05, 3.63) is 51.6 Å². The zero-order valence-electron chi connectivity index (χ0n) is 17.3. The topological polar surface area (TPSA) is 88.4 Å². The van der Waals surface area contributed by atoms with Gasteiger partial charge in [-0.05, 0) is 0 Å². The van der Waals surface area contributed by atoms with E-state index in [0.717, 1.165) is 22.7 Å². The number of thiocarbonyl (C=S) groups is 1. The first-order chi connectivity index (χ1) is 14.8. The molecule has 0 saturated heterocycles. The van der Waals surface area contributed by atoms with Gasteiger partial charge < -0.3 is 0 Å². The molecule has 0 aliphatic carbocycles. The second-order valence-corrected chi connectivity index (χ2v) is 9.83. The SMILES string of the molecule is CC1=NN(c2cccc(N3C(=S)N[I-]C=C3c3cc(C(C)C)c(O)cc3O)c2)C(=O)C1. The van der Waals surface area contributed by atoms with Crippen LogP contribution in [-0.4, -0.2) is 26.9 Å². The van der Waals surface area contributed by atoms with Crippen LogP contribution in [0.3, 0.4) is 0 Å². The Labute approximate surface area is 196 Å². The Kier molecular flexibility index (Phi) is 5.89. The third kappa shape index (κ3) is 4.11. The molecule has 2 aromatic carbocycles. The van der Waals surface area contributed by atoms with E-state index >= 15 is 0 Å². The minimum absolute atomic E-state index is 0.0158. The number of halogens is 1. The molecule has 7 nitrogen and oxygen atoms in total. The van der Waals surface area contributed by atoms with Gasteiger partial charge in [-0.3, -0.25) is 0 Å². The third-order valence-electron chi connectivity index (χ3n) is 5.03. The number of phenolic OH excluding ortho intramolecular Hbond substituents is 2. The summed E-state index contributed by atoms with van der Waals surface area (Å²) in [4.78, 5) is 14.1. The number of hydrazone groups is 1. The molecule has 1 amide bonds. The fourth-order valence-corrected chi connectivity index (χ4v) is 5.62. The van der Waals surface area contributed by atoms with Crippen molar-refractivity contribution in [1.29, 1.82) is 0 Å². The van der Waals surface area contributed by atoms with E-state index in [4.69, 9.17) is 12.2 Å². The Bertz CT molecular complexity index is 1150. The summed E-state index contributed by atoms with van der Waals surface area (Å²) in [7, 11) is 0. The first kappa shape index (κ1) is 21.6. The molecule has 0 unspecified atom stereocenters. The molecule has 162 valence electrons. The summed E-state index contributed by atoms with van der Waals surface area (Å²) >= 11 is 5.08. The van der Waals surface area contributed by atoms with Crippen molar-refractivity contribution in [2.75, 3.05) is 9.91 Å². The van der Waals surface area contributed by atoms with E-state index in [1.54, 1.807) is 0 Å². The van der Waals surface area contributed by atoms with E-state index in [9.17, 15) is 15.0 Å². The minimum atomic E-state index is -0.542. The van der Waals surface area contributed by atoms with Crippen LogP contribution in [-0.2, 0) is 4.79 Å². The fraction of sp³-hybridized carbons (Fsp3) is 0.227. The van der Waals surface area contributed by atoms with Crippen LogP contribution >= 0.6 is 12.2 Å². The third-order valence-corrected chi connectivity index (χ3v) is 7.40. The number of phenols is 2. The van der Waals surface area contributed by atoms with Crippen molar-refractivity contribution in [1.82, 2.24) is 3.53 Å². The molecule has 2 heterocycles. The van der Waals surface area contributed by atoms with Gasteiger partial charge in [-0.25, -0.2) is 0 Å². The van der Waals surface area contributed by atoms with Crippen molar-refractivity contribution >= 4 is 46.0 Å². The summed E-state index contributed by atoms with van der Waals surface area (Å²) in [5, 5.41) is 27.2. The Hall–Kier alpha value is -2.66. The first-order valence-electron chi connectivity index (χ1n) is 9.72. The van der Waals surface area contributed by atoms with E-state index in [-0.39, 0.29) is 23.3 Å². The zero-order valence-corrected chi connectivity index (χ0v) is 20.2. The van der Waals surface area contributed by atoms with Gasteiger partial charge in [0.15, 0.2) is 0 Å². The van der Waals surface area contributed by atoms with Crippen LogP contribution in [0.15, 0.2) is 45.6 Å². The van der Waals surface area contributed by atoms with E-state index in [2.05, 4.69) is 8.63 Å². The normalized spacial score (nSPS) is 16.8. The molecule has 2 aliphatic heterocycles. The van der Waals surface area contributed by atoms with Crippen molar-refractivity contribution in [2.45, 2.75) is 33.1 Å². The zero-order chi connectivity index (χ0) is 22.3. The number of amides is 1. The average Bonchev–Trinajstić information content (AvgIpc) is 3.06. The Morgan fingerprint density at radius 3 is 2.58 bits per heavy atom. The summed E-state index contributed by atoms with van der Waals surface area (Å²) in [6, 6.07) is 10.6. The summed E-state index contributed by atoms with van der Waals surface area (Å²) in [5.41, 5.74) is 4.27. The molecule has 3 N–H and O–H groups in total. The first-order valence-corrected chi connectivity index (χ1v) is 12.5. The summed E-state index contributed by atoms with van der Waals surface area (Å²) in [6.45, 7) is 5.80. The molecule has 0 spiro atoms. The quantitative estimate of drug-likeness (QED) is 0.300. The van der Waals surface area contributed by atoms with Crippen molar-refractivity contribution in [3.8, 4) is 11.5 Å². The Morgan fingerprint density at radius 2 is 1.90 bits per heavy atom. The second kappa shape index (κ2) is 8.46. The van der Waals surface area contributed by atoms with Crippen molar-refractivity contribution < 1.29 is 36.5 Å². The molecule has 9 heteroatoms. The molecule has 0 fully saturated rings. The van der Waals surface area contributed by atoms with Gasteiger partial charge in [0.25, 0.3) is 0 Å². The molecular weight excluding hydrogens is 527 g/mol. The van der Waals surface area contributed by atoms with Gasteiger partial charge in [-0.15, -0.1) is 0 Å². The monoisotopic (exact) mass is 549 g/mol. The number of hydrogen-bond acceptors (Lipinski definition) is 5. The molecule has 31 heavy (non-hydrogen) atoms. The van der Waals surface area contributed by atoms with Crippen LogP contribution in [0.25, 0.3) is 5.70 Å². The van der Waals surface area contributed by atoms with E-state index in [0.29, 0.717) is 22.8 Å². The van der Waals surface area contributed by atoms with Gasteiger partial charge in [-0.1, -0.05) is 0 Å². The molecule has 0 radical (unpaired) electrons. The molecule has 0 aromatic heterocycles. The number of aromatic hydroxyl groups is 2. The molecular formula is C22H22IN4O3S-. The predicted molar refractivity (Wildman–Crippen MR) is 122 cm³/mol. The molecule has 4 rings (SSSR count). The van der Waals surface area contributed by atoms with Gasteiger partial charge in [0.2, 0.25) is 0 Å². The number of anilines is 2. The summed E-state index contributed by atoms with van der Waals surface area (Å²) < 4.78 is 5.30. The number of carbonyl (C=O) groups is 1. The van der Waals surface area contributed by atoms with Crippen LogP contribution in [0.2, 0.25) is 0 Å². The average molecular weight is 549 g/mol. The Balaban J connectivity index is 1.80. The van der Waals surface area contributed by atoms with Crippen molar-refractivity contribution in [3.63, 3.8) is 0 Å². The maximum absolute atomic E-state index is 12.3. The number of hydrogen-bond donors (Lipinski definition) is 3. The van der Waals surface area contributed by atoms with Gasteiger partial charge in [-0.2, -0.15) is 0 Å². The molecule has 2 aromatic rings. The van der Waals surface area contributed by atoms with E-state index in [1.165, 1.54) is 11.1 Å². The van der Waals surface area contributed by atoms with Crippen LogP contribution in [0.1, 0.15) is 44.2 Å². The number of nitrogens with one attached hydrogen (secondary N) is 1. The summed E-state index contributed by atoms with van der Waals surface area (Å²) in [6.07, 6.45) is 0.308. The molecule has 0 atom stereocenters. The Morgan fingerprint density at radius 1 is 1.16 bits per heavy atom. The van der Waals surface area contributed by atoms with E-state index in [1.807, 2.05) is 60.1 Å². The fourth-order valence-electron chi connectivity index (χ4n) is 3.54. The van der Waals surface area contributed by atoms with Gasteiger partial charge in [0, 0.05) is 0 Å². The van der Waals surface area contributed by atoms with Crippen LogP contribution < -0.4 is 34.9 Å². The van der Waals surface area contributed by atoms with Gasteiger partial charge >= 0.3 is 197 Å². The van der Waals surface area contributed by atoms with Crippen LogP contribution in [0.5, 0.6) is 11.5 Å². The number of carbonyl (C=O) groups excluding carboxylic acids is 1. The summed E-state index contributed by atoms with van der Waals surface area (Å²) in [5.74, 6) is 0.0612. The van der Waals surface area contributed by atoms with E-state index < -0.39 is 21.5 Å². The second-order valence-electron chi connectivity index (χ2n) is 7.66. The molecule has 2 aliphatic rings. The van der Waals surface area contributed by atoms with Gasteiger partial charge in [0.1, 0.15) is 0 Å². The van der Waals surface area contributed by atoms with Gasteiger partial charge in [0.05, 0.1) is 0 Å². The predicted octanol–water partition coefficient (Wildman–Crippen LogP) is 1.03. The number of benzene rings is 2.